The molecule has 0 aliphatic carbocycles. The summed E-state index contributed by atoms with van der Waals surface area (Å²) in [4.78, 5) is 27.5. The van der Waals surface area contributed by atoms with Crippen LogP contribution in [-0.2, 0) is 0 Å². The van der Waals surface area contributed by atoms with Crippen molar-refractivity contribution in [3.8, 4) is 0 Å². The summed E-state index contributed by atoms with van der Waals surface area (Å²) >= 11 is 0. The highest BCUT2D eigenvalue weighted by molar-refractivity contribution is 5.98. The predicted octanol–water partition coefficient (Wildman–Crippen LogP) is 1.59. The molecule has 2 heterocycles. The van der Waals surface area contributed by atoms with E-state index in [4.69, 9.17) is 5.73 Å². The van der Waals surface area contributed by atoms with Gasteiger partial charge in [0.1, 0.15) is 5.82 Å². The molecule has 0 radical (unpaired) electrons. The van der Waals surface area contributed by atoms with Crippen molar-refractivity contribution in [3.63, 3.8) is 0 Å². The lowest BCUT2D eigenvalue weighted by Crippen LogP contribution is -2.40. The summed E-state index contributed by atoms with van der Waals surface area (Å²) in [6, 6.07) is 4.02. The van der Waals surface area contributed by atoms with E-state index in [-0.39, 0.29) is 29.9 Å². The van der Waals surface area contributed by atoms with Gasteiger partial charge in [-0.3, -0.25) is 9.69 Å². The van der Waals surface area contributed by atoms with Gasteiger partial charge in [-0.05, 0) is 43.5 Å². The number of nitrogens with two attached hydrogens (primary N) is 1. The Morgan fingerprint density at radius 1 is 1.29 bits per heavy atom. The van der Waals surface area contributed by atoms with Crippen molar-refractivity contribution in [1.82, 2.24) is 10.2 Å². The van der Waals surface area contributed by atoms with E-state index in [0.29, 0.717) is 44.3 Å². The minimum absolute atomic E-state index is 0. The van der Waals surface area contributed by atoms with E-state index in [9.17, 15) is 14.0 Å². The smallest absolute Gasteiger partial charge is 0.321 e. The second-order valence-corrected chi connectivity index (χ2v) is 6.02. The number of hydrogen-bond donors (Lipinski definition) is 2. The van der Waals surface area contributed by atoms with E-state index < -0.39 is 5.82 Å². The number of carbonyl (C=O) groups is 2. The summed E-state index contributed by atoms with van der Waals surface area (Å²) in [6.45, 7) is 2.87. The Morgan fingerprint density at radius 3 is 2.58 bits per heavy atom. The molecule has 8 heteroatoms. The Bertz CT molecular complexity index is 620. The number of nitrogens with one attached hydrogen (secondary N) is 1. The third-order valence-corrected chi connectivity index (χ3v) is 4.58. The molecule has 132 valence electrons. The second-order valence-electron chi connectivity index (χ2n) is 6.02. The van der Waals surface area contributed by atoms with E-state index in [2.05, 4.69) is 5.32 Å². The van der Waals surface area contributed by atoms with E-state index >= 15 is 0 Å². The fourth-order valence-corrected chi connectivity index (χ4v) is 3.11. The number of amides is 3. The Kier molecular flexibility index (Phi) is 6.01. The van der Waals surface area contributed by atoms with E-state index in [1.54, 1.807) is 4.90 Å². The van der Waals surface area contributed by atoms with Crippen LogP contribution in [0.3, 0.4) is 0 Å². The van der Waals surface area contributed by atoms with E-state index in [1.807, 2.05) is 0 Å². The van der Waals surface area contributed by atoms with Crippen LogP contribution < -0.4 is 16.0 Å². The minimum Gasteiger partial charge on any atom is -0.339 e. The van der Waals surface area contributed by atoms with Crippen LogP contribution in [0.4, 0.5) is 14.9 Å². The molecular formula is C16H22ClFN4O2. The van der Waals surface area contributed by atoms with Crippen LogP contribution in [0.25, 0.3) is 0 Å². The maximum atomic E-state index is 14.1. The maximum Gasteiger partial charge on any atom is 0.321 e. The summed E-state index contributed by atoms with van der Waals surface area (Å²) in [5.74, 6) is -0.442. The molecule has 0 bridgehead atoms. The van der Waals surface area contributed by atoms with Crippen molar-refractivity contribution in [2.75, 3.05) is 37.6 Å². The standard InChI is InChI=1S/C16H21FN4O2.ClH/c17-14-2-1-12(21-8-5-19-16(21)23)9-13(14)15(22)20-6-3-11(10-18)4-7-20;/h1-2,9,11H,3-8,10,18H2,(H,19,23);1H. The van der Waals surface area contributed by atoms with Gasteiger partial charge in [0.2, 0.25) is 0 Å². The highest BCUT2D eigenvalue weighted by atomic mass is 35.5. The zero-order valence-electron chi connectivity index (χ0n) is 13.3. The number of piperidine rings is 1. The van der Waals surface area contributed by atoms with Gasteiger partial charge in [-0.15, -0.1) is 12.4 Å². The first-order chi connectivity index (χ1) is 11.1. The number of halogens is 2. The number of likely N-dealkylation sites (tertiary alicyclic amines) is 1. The Balaban J connectivity index is 0.00000208. The van der Waals surface area contributed by atoms with Gasteiger partial charge in [-0.25, -0.2) is 9.18 Å². The first-order valence-corrected chi connectivity index (χ1v) is 7.94. The lowest BCUT2D eigenvalue weighted by molar-refractivity contribution is 0.0688. The topological polar surface area (TPSA) is 78.7 Å². The average molecular weight is 357 g/mol. The molecule has 0 spiro atoms. The molecule has 3 N–H and O–H groups in total. The van der Waals surface area contributed by atoms with Crippen molar-refractivity contribution >= 4 is 30.0 Å². The second kappa shape index (κ2) is 7.81. The molecule has 3 amide bonds. The van der Waals surface area contributed by atoms with Crippen molar-refractivity contribution in [1.29, 1.82) is 0 Å². The van der Waals surface area contributed by atoms with Crippen LogP contribution in [0.5, 0.6) is 0 Å². The van der Waals surface area contributed by atoms with Gasteiger partial charge in [-0.2, -0.15) is 0 Å². The van der Waals surface area contributed by atoms with Gasteiger partial charge in [0.05, 0.1) is 5.56 Å². The molecule has 1 aromatic rings. The van der Waals surface area contributed by atoms with Crippen LogP contribution in [0.1, 0.15) is 23.2 Å². The summed E-state index contributed by atoms with van der Waals surface area (Å²) in [6.07, 6.45) is 1.69. The summed E-state index contributed by atoms with van der Waals surface area (Å²) in [5, 5.41) is 2.69. The first-order valence-electron chi connectivity index (χ1n) is 7.94. The number of anilines is 1. The van der Waals surface area contributed by atoms with E-state index in [1.165, 1.54) is 23.1 Å². The molecule has 0 atom stereocenters. The Labute approximate surface area is 146 Å². The van der Waals surface area contributed by atoms with Gasteiger partial charge in [0.25, 0.3) is 5.91 Å². The van der Waals surface area contributed by atoms with Crippen LogP contribution >= 0.6 is 12.4 Å². The zero-order valence-corrected chi connectivity index (χ0v) is 14.2. The Hall–Kier alpha value is -1.86. The quantitative estimate of drug-likeness (QED) is 0.863. The Morgan fingerprint density at radius 2 is 2.00 bits per heavy atom. The fourth-order valence-electron chi connectivity index (χ4n) is 3.11. The molecule has 6 nitrogen and oxygen atoms in total. The highest BCUT2D eigenvalue weighted by Gasteiger charge is 2.27. The van der Waals surface area contributed by atoms with Crippen molar-refractivity contribution in [2.24, 2.45) is 11.7 Å². The van der Waals surface area contributed by atoms with Gasteiger partial charge in [0, 0.05) is 31.9 Å². The normalized spacial score (nSPS) is 18.3. The zero-order chi connectivity index (χ0) is 16.4. The lowest BCUT2D eigenvalue weighted by Gasteiger charge is -2.31. The first kappa shape index (κ1) is 18.5. The SMILES string of the molecule is Cl.NCC1CCN(C(=O)c2cc(N3CCNC3=O)ccc2F)CC1. The molecule has 0 saturated carbocycles. The third-order valence-electron chi connectivity index (χ3n) is 4.58. The summed E-state index contributed by atoms with van der Waals surface area (Å²) < 4.78 is 14.1. The van der Waals surface area contributed by atoms with Gasteiger partial charge >= 0.3 is 6.03 Å². The number of nitrogens with zero attached hydrogens (tertiary/aromatic N) is 2. The molecule has 3 rings (SSSR count). The summed E-state index contributed by atoms with van der Waals surface area (Å²) in [5.41, 5.74) is 6.22. The van der Waals surface area contributed by atoms with Gasteiger partial charge in [0.15, 0.2) is 0 Å². The molecular weight excluding hydrogens is 335 g/mol. The van der Waals surface area contributed by atoms with Crippen molar-refractivity contribution in [3.05, 3.63) is 29.6 Å². The number of rotatable bonds is 3. The number of carbonyl (C=O) groups excluding carboxylic acids is 2. The largest absolute Gasteiger partial charge is 0.339 e. The molecule has 0 aromatic heterocycles. The fraction of sp³-hybridized carbons (Fsp3) is 0.500. The number of hydrogen-bond acceptors (Lipinski definition) is 3. The van der Waals surface area contributed by atoms with Crippen LogP contribution in [0.15, 0.2) is 18.2 Å². The van der Waals surface area contributed by atoms with Crippen LogP contribution in [0, 0.1) is 11.7 Å². The van der Waals surface area contributed by atoms with E-state index in [0.717, 1.165) is 12.8 Å². The molecule has 2 fully saturated rings. The number of urea groups is 1. The average Bonchev–Trinajstić information content (AvgIpc) is 3.01. The maximum absolute atomic E-state index is 14.1. The molecule has 2 aliphatic heterocycles. The van der Waals surface area contributed by atoms with Gasteiger partial charge < -0.3 is 16.0 Å². The molecule has 1 aromatic carbocycles. The molecule has 0 unspecified atom stereocenters. The predicted molar refractivity (Wildman–Crippen MR) is 92.1 cm³/mol. The van der Waals surface area contributed by atoms with Gasteiger partial charge in [-0.1, -0.05) is 0 Å². The third kappa shape index (κ3) is 3.62. The van der Waals surface area contributed by atoms with Crippen LogP contribution in [-0.4, -0.2) is 49.6 Å². The van der Waals surface area contributed by atoms with Crippen molar-refractivity contribution < 1.29 is 14.0 Å². The highest BCUT2D eigenvalue weighted by Crippen LogP contribution is 2.24. The van der Waals surface area contributed by atoms with Crippen molar-refractivity contribution in [2.45, 2.75) is 12.8 Å². The summed E-state index contributed by atoms with van der Waals surface area (Å²) in [7, 11) is 0. The lowest BCUT2D eigenvalue weighted by atomic mass is 9.96. The monoisotopic (exact) mass is 356 g/mol. The minimum atomic E-state index is -0.556. The molecule has 24 heavy (non-hydrogen) atoms. The molecule has 2 saturated heterocycles. The van der Waals surface area contributed by atoms with Crippen LogP contribution in [0.2, 0.25) is 0 Å². The molecule has 2 aliphatic rings. The number of benzene rings is 1.